The summed E-state index contributed by atoms with van der Waals surface area (Å²) in [5.41, 5.74) is 2.90. The highest BCUT2D eigenvalue weighted by atomic mass is 16.5. The van der Waals surface area contributed by atoms with Crippen molar-refractivity contribution >= 4 is 16.8 Å². The topological polar surface area (TPSA) is 44.2 Å². The van der Waals surface area contributed by atoms with Gasteiger partial charge in [0.1, 0.15) is 5.69 Å². The molecule has 0 amide bonds. The number of allylic oxidation sites excluding steroid dienone is 1. The molecule has 1 aromatic heterocycles. The summed E-state index contributed by atoms with van der Waals surface area (Å²) in [6.45, 7) is 1.98. The van der Waals surface area contributed by atoms with Gasteiger partial charge in [-0.15, -0.1) is 10.2 Å². The molecule has 4 rings (SSSR count). The van der Waals surface area contributed by atoms with Crippen LogP contribution in [0, 0.1) is 0 Å². The fourth-order valence-electron chi connectivity index (χ4n) is 3.13. The first-order chi connectivity index (χ1) is 13.8. The smallest absolute Gasteiger partial charge is 0.246 e. The summed E-state index contributed by atoms with van der Waals surface area (Å²) in [6.07, 6.45) is 3.99. The second-order valence-corrected chi connectivity index (χ2v) is 6.28. The molecule has 0 spiro atoms. The van der Waals surface area contributed by atoms with Gasteiger partial charge in [-0.05, 0) is 30.7 Å². The molecular formula is C24H20N2O2. The molecule has 0 aliphatic rings. The summed E-state index contributed by atoms with van der Waals surface area (Å²) in [5.74, 6) is 1.70. The van der Waals surface area contributed by atoms with Crippen LogP contribution in [0.3, 0.4) is 0 Å². The summed E-state index contributed by atoms with van der Waals surface area (Å²) in [5, 5.41) is 10.7. The zero-order valence-electron chi connectivity index (χ0n) is 15.8. The fraction of sp³-hybridized carbons (Fsp3) is 0.0833. The Morgan fingerprint density at radius 1 is 0.786 bits per heavy atom. The Kier molecular flexibility index (Phi) is 5.02. The largest absolute Gasteiger partial charge is 0.493 e. The van der Waals surface area contributed by atoms with Gasteiger partial charge in [-0.2, -0.15) is 0 Å². The van der Waals surface area contributed by atoms with Crippen LogP contribution in [0.25, 0.3) is 28.1 Å². The van der Waals surface area contributed by atoms with Crippen LogP contribution in [0.2, 0.25) is 0 Å². The van der Waals surface area contributed by atoms with Gasteiger partial charge in [0.15, 0.2) is 11.5 Å². The van der Waals surface area contributed by atoms with Gasteiger partial charge < -0.3 is 9.47 Å². The molecule has 0 atom stereocenters. The third-order valence-electron chi connectivity index (χ3n) is 4.45. The maximum Gasteiger partial charge on any atom is 0.246 e. The van der Waals surface area contributed by atoms with Crippen LogP contribution in [0.15, 0.2) is 78.9 Å². The summed E-state index contributed by atoms with van der Waals surface area (Å²) >= 11 is 0. The Balaban J connectivity index is 1.79. The second-order valence-electron chi connectivity index (χ2n) is 6.28. The summed E-state index contributed by atoms with van der Waals surface area (Å²) < 4.78 is 11.6. The maximum absolute atomic E-state index is 6.11. The van der Waals surface area contributed by atoms with Crippen molar-refractivity contribution in [3.8, 4) is 28.6 Å². The molecule has 0 unspecified atom stereocenters. The van der Waals surface area contributed by atoms with Crippen LogP contribution in [0.1, 0.15) is 12.5 Å². The SMILES string of the molecule is CC=Cc1ccc(Oc2nnc(-c3ccccc3)c3ccccc23)c(OC)c1. The predicted molar refractivity (Wildman–Crippen MR) is 113 cm³/mol. The van der Waals surface area contributed by atoms with E-state index in [0.717, 1.165) is 27.6 Å². The normalized spacial score (nSPS) is 11.1. The van der Waals surface area contributed by atoms with Gasteiger partial charge in [0.25, 0.3) is 0 Å². The third-order valence-corrected chi connectivity index (χ3v) is 4.45. The highest BCUT2D eigenvalue weighted by molar-refractivity contribution is 5.97. The molecule has 0 bridgehead atoms. The minimum absolute atomic E-state index is 0.451. The molecular weight excluding hydrogens is 348 g/mol. The zero-order chi connectivity index (χ0) is 19.3. The van der Waals surface area contributed by atoms with Crippen molar-refractivity contribution in [1.29, 1.82) is 0 Å². The van der Waals surface area contributed by atoms with Gasteiger partial charge in [-0.25, -0.2) is 0 Å². The first-order valence-electron chi connectivity index (χ1n) is 9.09. The summed E-state index contributed by atoms with van der Waals surface area (Å²) in [4.78, 5) is 0. The van der Waals surface area contributed by atoms with E-state index in [2.05, 4.69) is 10.2 Å². The van der Waals surface area contributed by atoms with Gasteiger partial charge in [0.2, 0.25) is 5.88 Å². The Labute approximate surface area is 164 Å². The van der Waals surface area contributed by atoms with Crippen molar-refractivity contribution in [3.05, 3.63) is 84.4 Å². The first kappa shape index (κ1) is 17.7. The number of hydrogen-bond acceptors (Lipinski definition) is 4. The fourth-order valence-corrected chi connectivity index (χ4v) is 3.13. The summed E-state index contributed by atoms with van der Waals surface area (Å²) in [6, 6.07) is 23.8. The molecule has 28 heavy (non-hydrogen) atoms. The molecule has 3 aromatic carbocycles. The highest BCUT2D eigenvalue weighted by Crippen LogP contribution is 2.36. The molecule has 0 aliphatic heterocycles. The van der Waals surface area contributed by atoms with Crippen molar-refractivity contribution in [2.75, 3.05) is 7.11 Å². The van der Waals surface area contributed by atoms with E-state index in [1.54, 1.807) is 7.11 Å². The number of benzene rings is 3. The first-order valence-corrected chi connectivity index (χ1v) is 9.09. The number of rotatable bonds is 5. The Morgan fingerprint density at radius 3 is 2.29 bits per heavy atom. The highest BCUT2D eigenvalue weighted by Gasteiger charge is 2.14. The van der Waals surface area contributed by atoms with E-state index >= 15 is 0 Å². The number of methoxy groups -OCH3 is 1. The van der Waals surface area contributed by atoms with Gasteiger partial charge in [-0.3, -0.25) is 0 Å². The molecule has 4 nitrogen and oxygen atoms in total. The average Bonchev–Trinajstić information content (AvgIpc) is 2.75. The predicted octanol–water partition coefficient (Wildman–Crippen LogP) is 6.13. The number of nitrogens with zero attached hydrogens (tertiary/aromatic N) is 2. The van der Waals surface area contributed by atoms with Gasteiger partial charge in [0.05, 0.1) is 7.11 Å². The van der Waals surface area contributed by atoms with Crippen molar-refractivity contribution in [2.24, 2.45) is 0 Å². The van der Waals surface area contributed by atoms with Crippen molar-refractivity contribution in [1.82, 2.24) is 10.2 Å². The Bertz CT molecular complexity index is 1140. The van der Waals surface area contributed by atoms with Crippen LogP contribution in [0.5, 0.6) is 17.4 Å². The quantitative estimate of drug-likeness (QED) is 0.425. The van der Waals surface area contributed by atoms with Crippen molar-refractivity contribution in [2.45, 2.75) is 6.92 Å². The summed E-state index contributed by atoms with van der Waals surface area (Å²) in [7, 11) is 1.63. The average molecular weight is 368 g/mol. The van der Waals surface area contributed by atoms with Crippen molar-refractivity contribution in [3.63, 3.8) is 0 Å². The second kappa shape index (κ2) is 7.92. The number of aromatic nitrogens is 2. The molecule has 0 radical (unpaired) electrons. The van der Waals surface area contributed by atoms with E-state index in [4.69, 9.17) is 9.47 Å². The number of hydrogen-bond donors (Lipinski definition) is 0. The Hall–Kier alpha value is -3.66. The van der Waals surface area contributed by atoms with Crippen LogP contribution in [-0.4, -0.2) is 17.3 Å². The van der Waals surface area contributed by atoms with Crippen LogP contribution in [0.4, 0.5) is 0 Å². The zero-order valence-corrected chi connectivity index (χ0v) is 15.8. The lowest BCUT2D eigenvalue weighted by atomic mass is 10.1. The lowest BCUT2D eigenvalue weighted by Crippen LogP contribution is -1.97. The third kappa shape index (κ3) is 3.45. The van der Waals surface area contributed by atoms with Gasteiger partial charge >= 0.3 is 0 Å². The lowest BCUT2D eigenvalue weighted by Gasteiger charge is -2.13. The minimum atomic E-state index is 0.451. The number of ether oxygens (including phenoxy) is 2. The molecule has 0 N–H and O–H groups in total. The molecule has 4 heteroatoms. The maximum atomic E-state index is 6.11. The molecule has 0 aliphatic carbocycles. The van der Waals surface area contributed by atoms with E-state index in [9.17, 15) is 0 Å². The van der Waals surface area contributed by atoms with Crippen LogP contribution >= 0.6 is 0 Å². The van der Waals surface area contributed by atoms with E-state index in [-0.39, 0.29) is 0 Å². The number of fused-ring (bicyclic) bond motifs is 1. The van der Waals surface area contributed by atoms with E-state index in [1.165, 1.54) is 0 Å². The molecule has 0 fully saturated rings. The molecule has 1 heterocycles. The van der Waals surface area contributed by atoms with Crippen LogP contribution < -0.4 is 9.47 Å². The van der Waals surface area contributed by atoms with Crippen LogP contribution in [-0.2, 0) is 0 Å². The minimum Gasteiger partial charge on any atom is -0.493 e. The molecule has 138 valence electrons. The Morgan fingerprint density at radius 2 is 1.54 bits per heavy atom. The monoisotopic (exact) mass is 368 g/mol. The standard InChI is InChI=1S/C24H20N2O2/c1-3-9-17-14-15-21(22(16-17)27-2)28-24-20-13-8-7-12-19(20)23(25-26-24)18-10-5-4-6-11-18/h3-16H,1-2H3. The molecule has 0 saturated heterocycles. The molecule has 0 saturated carbocycles. The van der Waals surface area contributed by atoms with Gasteiger partial charge in [-0.1, -0.05) is 66.7 Å². The molecule has 4 aromatic rings. The van der Waals surface area contributed by atoms with E-state index < -0.39 is 0 Å². The van der Waals surface area contributed by atoms with E-state index in [1.807, 2.05) is 91.9 Å². The lowest BCUT2D eigenvalue weighted by molar-refractivity contribution is 0.374. The van der Waals surface area contributed by atoms with Gasteiger partial charge in [0, 0.05) is 16.3 Å². The van der Waals surface area contributed by atoms with Crippen molar-refractivity contribution < 1.29 is 9.47 Å². The van der Waals surface area contributed by atoms with E-state index in [0.29, 0.717) is 17.4 Å².